The van der Waals surface area contributed by atoms with E-state index in [-0.39, 0.29) is 17.8 Å². The maximum absolute atomic E-state index is 12.7. The summed E-state index contributed by atoms with van der Waals surface area (Å²) < 4.78 is 0. The molecule has 2 fully saturated rings. The van der Waals surface area contributed by atoms with E-state index in [0.29, 0.717) is 43.5 Å². The number of hydrogen-bond acceptors (Lipinski definition) is 3. The molecule has 1 aromatic rings. The van der Waals surface area contributed by atoms with Crippen LogP contribution in [0.4, 0.5) is 10.5 Å². The van der Waals surface area contributed by atoms with Gasteiger partial charge in [-0.3, -0.25) is 9.59 Å². The Hall–Kier alpha value is -2.83. The first-order chi connectivity index (χ1) is 13.6. The zero-order chi connectivity index (χ0) is 19.9. The number of amides is 4. The fourth-order valence-electron chi connectivity index (χ4n) is 3.70. The van der Waals surface area contributed by atoms with Crippen LogP contribution in [0.2, 0.25) is 0 Å². The molecule has 1 aliphatic carbocycles. The highest BCUT2D eigenvalue weighted by molar-refractivity contribution is 5.99. The van der Waals surface area contributed by atoms with E-state index >= 15 is 0 Å². The number of nitrogens with one attached hydrogen (secondary N) is 2. The van der Waals surface area contributed by atoms with Gasteiger partial charge in [0.1, 0.15) is 0 Å². The molecule has 2 aliphatic rings. The lowest BCUT2D eigenvalue weighted by atomic mass is 9.96. The first-order valence-corrected chi connectivity index (χ1v) is 9.95. The predicted octanol–water partition coefficient (Wildman–Crippen LogP) is 2.61. The van der Waals surface area contributed by atoms with Crippen LogP contribution >= 0.6 is 0 Å². The molecule has 0 aromatic heterocycles. The lowest BCUT2D eigenvalue weighted by Crippen LogP contribution is -2.54. The molecule has 0 atom stereocenters. The molecule has 7 heteroatoms. The van der Waals surface area contributed by atoms with Gasteiger partial charge in [0, 0.05) is 43.5 Å². The Labute approximate surface area is 165 Å². The van der Waals surface area contributed by atoms with Gasteiger partial charge < -0.3 is 20.4 Å². The van der Waals surface area contributed by atoms with Gasteiger partial charge in [-0.05, 0) is 43.2 Å². The second-order valence-electron chi connectivity index (χ2n) is 7.33. The van der Waals surface area contributed by atoms with E-state index in [4.69, 9.17) is 0 Å². The van der Waals surface area contributed by atoms with Crippen LogP contribution in [0.5, 0.6) is 0 Å². The standard InChI is InChI=1S/C21H28N4O3/c1-2-19(26)22-18-10-8-16(9-11-18)20(27)24-12-14-25(15-13-24)21(28)23-17-6-4-3-5-7-17/h2,8-11,17H,1,3-7,12-15H2,(H,22,26)(H,23,28). The van der Waals surface area contributed by atoms with Gasteiger partial charge in [-0.2, -0.15) is 0 Å². The summed E-state index contributed by atoms with van der Waals surface area (Å²) in [5.41, 5.74) is 1.18. The molecule has 3 rings (SSSR count). The maximum atomic E-state index is 12.7. The molecule has 4 amide bonds. The molecule has 1 aromatic carbocycles. The number of carbonyl (C=O) groups excluding carboxylic acids is 3. The Morgan fingerprint density at radius 3 is 2.14 bits per heavy atom. The summed E-state index contributed by atoms with van der Waals surface area (Å²) in [4.78, 5) is 40.0. The van der Waals surface area contributed by atoms with Gasteiger partial charge >= 0.3 is 6.03 Å². The summed E-state index contributed by atoms with van der Waals surface area (Å²) in [6.45, 7) is 5.53. The Balaban J connectivity index is 1.48. The number of hydrogen-bond donors (Lipinski definition) is 2. The van der Waals surface area contributed by atoms with Crippen LogP contribution in [0, 0.1) is 0 Å². The second-order valence-corrected chi connectivity index (χ2v) is 7.33. The Kier molecular flexibility index (Phi) is 6.68. The second kappa shape index (κ2) is 9.39. The van der Waals surface area contributed by atoms with Gasteiger partial charge in [0.15, 0.2) is 0 Å². The van der Waals surface area contributed by atoms with Crippen LogP contribution in [-0.4, -0.2) is 59.9 Å². The molecule has 1 heterocycles. The highest BCUT2D eigenvalue weighted by atomic mass is 16.2. The van der Waals surface area contributed by atoms with Crippen LogP contribution in [0.25, 0.3) is 0 Å². The summed E-state index contributed by atoms with van der Waals surface area (Å²) in [7, 11) is 0. The number of anilines is 1. The molecule has 0 bridgehead atoms. The topological polar surface area (TPSA) is 81.8 Å². The van der Waals surface area contributed by atoms with Crippen molar-refractivity contribution in [1.29, 1.82) is 0 Å². The molecule has 2 N–H and O–H groups in total. The number of nitrogens with zero attached hydrogens (tertiary/aromatic N) is 2. The van der Waals surface area contributed by atoms with Crippen LogP contribution < -0.4 is 10.6 Å². The third kappa shape index (κ3) is 5.12. The lowest BCUT2D eigenvalue weighted by molar-refractivity contribution is -0.111. The van der Waals surface area contributed by atoms with Crippen LogP contribution in [0.3, 0.4) is 0 Å². The van der Waals surface area contributed by atoms with Gasteiger partial charge in [-0.1, -0.05) is 25.8 Å². The van der Waals surface area contributed by atoms with Gasteiger partial charge in [-0.15, -0.1) is 0 Å². The van der Waals surface area contributed by atoms with E-state index in [1.165, 1.54) is 25.3 Å². The summed E-state index contributed by atoms with van der Waals surface area (Å²) in [6.07, 6.45) is 6.95. The Bertz CT molecular complexity index is 718. The molecule has 0 unspecified atom stereocenters. The Morgan fingerprint density at radius 1 is 0.929 bits per heavy atom. The zero-order valence-corrected chi connectivity index (χ0v) is 16.2. The van der Waals surface area contributed by atoms with Crippen LogP contribution in [0.15, 0.2) is 36.9 Å². The molecule has 0 radical (unpaired) electrons. The third-order valence-corrected chi connectivity index (χ3v) is 5.37. The van der Waals surface area contributed by atoms with E-state index < -0.39 is 0 Å². The van der Waals surface area contributed by atoms with Crippen molar-refractivity contribution in [2.75, 3.05) is 31.5 Å². The van der Waals surface area contributed by atoms with Gasteiger partial charge in [-0.25, -0.2) is 4.79 Å². The van der Waals surface area contributed by atoms with Crippen LogP contribution in [0.1, 0.15) is 42.5 Å². The normalized spacial score (nSPS) is 17.7. The van der Waals surface area contributed by atoms with Gasteiger partial charge in [0.2, 0.25) is 5.91 Å². The van der Waals surface area contributed by atoms with Crippen molar-refractivity contribution in [1.82, 2.24) is 15.1 Å². The molecule has 150 valence electrons. The summed E-state index contributed by atoms with van der Waals surface area (Å²) in [5.74, 6) is -0.351. The maximum Gasteiger partial charge on any atom is 0.317 e. The number of piperazine rings is 1. The van der Waals surface area contributed by atoms with Crippen molar-refractivity contribution in [2.24, 2.45) is 0 Å². The zero-order valence-electron chi connectivity index (χ0n) is 16.2. The predicted molar refractivity (Wildman–Crippen MR) is 108 cm³/mol. The largest absolute Gasteiger partial charge is 0.335 e. The summed E-state index contributed by atoms with van der Waals surface area (Å²) in [6, 6.07) is 7.07. The first-order valence-electron chi connectivity index (χ1n) is 9.95. The van der Waals surface area contributed by atoms with Crippen molar-refractivity contribution in [3.8, 4) is 0 Å². The van der Waals surface area contributed by atoms with Gasteiger partial charge in [0.05, 0.1) is 0 Å². The third-order valence-electron chi connectivity index (χ3n) is 5.37. The fourth-order valence-corrected chi connectivity index (χ4v) is 3.70. The molecular formula is C21H28N4O3. The monoisotopic (exact) mass is 384 g/mol. The quantitative estimate of drug-likeness (QED) is 0.783. The van der Waals surface area contributed by atoms with Crippen molar-refractivity contribution in [3.63, 3.8) is 0 Å². The summed E-state index contributed by atoms with van der Waals surface area (Å²) in [5, 5.41) is 5.79. The fraction of sp³-hybridized carbons (Fsp3) is 0.476. The smallest absolute Gasteiger partial charge is 0.317 e. The molecular weight excluding hydrogens is 356 g/mol. The average Bonchev–Trinajstić information content (AvgIpc) is 2.74. The van der Waals surface area contributed by atoms with E-state index in [0.717, 1.165) is 12.8 Å². The highest BCUT2D eigenvalue weighted by Crippen LogP contribution is 2.18. The highest BCUT2D eigenvalue weighted by Gasteiger charge is 2.26. The van der Waals surface area contributed by atoms with E-state index in [1.54, 1.807) is 34.1 Å². The van der Waals surface area contributed by atoms with E-state index in [1.807, 2.05) is 0 Å². The molecule has 1 aliphatic heterocycles. The van der Waals surface area contributed by atoms with Crippen molar-refractivity contribution in [2.45, 2.75) is 38.1 Å². The Morgan fingerprint density at radius 2 is 1.54 bits per heavy atom. The van der Waals surface area contributed by atoms with Crippen molar-refractivity contribution in [3.05, 3.63) is 42.5 Å². The van der Waals surface area contributed by atoms with E-state index in [2.05, 4.69) is 17.2 Å². The van der Waals surface area contributed by atoms with Gasteiger partial charge in [0.25, 0.3) is 5.91 Å². The minimum atomic E-state index is -0.290. The first kappa shape index (κ1) is 19.9. The minimum Gasteiger partial charge on any atom is -0.335 e. The average molecular weight is 384 g/mol. The molecule has 1 saturated heterocycles. The van der Waals surface area contributed by atoms with E-state index in [9.17, 15) is 14.4 Å². The molecule has 0 spiro atoms. The lowest BCUT2D eigenvalue weighted by Gasteiger charge is -2.36. The summed E-state index contributed by atoms with van der Waals surface area (Å²) >= 11 is 0. The SMILES string of the molecule is C=CC(=O)Nc1ccc(C(=O)N2CCN(C(=O)NC3CCCCC3)CC2)cc1. The minimum absolute atomic E-state index is 0.0127. The molecule has 1 saturated carbocycles. The number of carbonyl (C=O) groups is 3. The van der Waals surface area contributed by atoms with Crippen molar-refractivity contribution >= 4 is 23.5 Å². The number of urea groups is 1. The van der Waals surface area contributed by atoms with Crippen molar-refractivity contribution < 1.29 is 14.4 Å². The van der Waals surface area contributed by atoms with Crippen LogP contribution in [-0.2, 0) is 4.79 Å². The molecule has 7 nitrogen and oxygen atoms in total. The number of rotatable bonds is 4. The number of benzene rings is 1. The molecule has 28 heavy (non-hydrogen) atoms.